The first-order valence-electron chi connectivity index (χ1n) is 8.54. The largest absolute Gasteiger partial charge is 0.345 e. The summed E-state index contributed by atoms with van der Waals surface area (Å²) >= 11 is 0. The molecule has 1 aliphatic heterocycles. The van der Waals surface area contributed by atoms with Crippen molar-refractivity contribution in [2.75, 3.05) is 31.5 Å². The number of carbonyl (C=O) groups is 2. The summed E-state index contributed by atoms with van der Waals surface area (Å²) < 4.78 is 0. The number of H-pyrrole nitrogens is 1. The van der Waals surface area contributed by atoms with Crippen LogP contribution in [0.4, 0.5) is 10.5 Å². The molecule has 2 heterocycles. The molecule has 0 saturated carbocycles. The van der Waals surface area contributed by atoms with Crippen molar-refractivity contribution in [1.82, 2.24) is 19.8 Å². The monoisotopic (exact) mass is 349 g/mol. The average Bonchev–Trinajstić information content (AvgIpc) is 3.16. The number of aromatic amines is 1. The predicted octanol–water partition coefficient (Wildman–Crippen LogP) is 2.55. The molecule has 1 saturated heterocycles. The third kappa shape index (κ3) is 3.23. The Labute approximate surface area is 150 Å². The zero-order valence-corrected chi connectivity index (χ0v) is 14.2. The van der Waals surface area contributed by atoms with Gasteiger partial charge < -0.3 is 20.1 Å². The van der Waals surface area contributed by atoms with E-state index in [1.165, 1.54) is 0 Å². The summed E-state index contributed by atoms with van der Waals surface area (Å²) in [5.74, 6) is -0.0235. The lowest BCUT2D eigenvalue weighted by molar-refractivity contribution is 0.0672. The summed E-state index contributed by atoms with van der Waals surface area (Å²) in [6, 6.07) is 14.7. The Hall–Kier alpha value is -3.35. The number of fused-ring (bicyclic) bond motifs is 1. The molecule has 4 rings (SSSR count). The molecule has 0 atom stereocenters. The predicted molar refractivity (Wildman–Crippen MR) is 99.0 cm³/mol. The fourth-order valence-corrected chi connectivity index (χ4v) is 3.09. The molecule has 0 aliphatic carbocycles. The number of nitrogens with one attached hydrogen (secondary N) is 2. The summed E-state index contributed by atoms with van der Waals surface area (Å²) in [7, 11) is 0. The molecule has 3 amide bonds. The van der Waals surface area contributed by atoms with Crippen LogP contribution in [0.15, 0.2) is 54.9 Å². The number of anilines is 1. The van der Waals surface area contributed by atoms with Crippen LogP contribution in [0.2, 0.25) is 0 Å². The second-order valence-electron chi connectivity index (χ2n) is 6.21. The van der Waals surface area contributed by atoms with Crippen LogP contribution in [0.1, 0.15) is 10.4 Å². The number of carbonyl (C=O) groups excluding carboxylic acids is 2. The Bertz CT molecular complexity index is 929. The van der Waals surface area contributed by atoms with Gasteiger partial charge in [0.15, 0.2) is 0 Å². The van der Waals surface area contributed by atoms with Crippen LogP contribution >= 0.6 is 0 Å². The lowest BCUT2D eigenvalue weighted by atomic mass is 10.1. The van der Waals surface area contributed by atoms with E-state index in [1.807, 2.05) is 42.5 Å². The van der Waals surface area contributed by atoms with E-state index in [2.05, 4.69) is 15.3 Å². The van der Waals surface area contributed by atoms with E-state index in [9.17, 15) is 9.59 Å². The van der Waals surface area contributed by atoms with Crippen molar-refractivity contribution in [3.63, 3.8) is 0 Å². The number of urea groups is 1. The molecule has 0 spiro atoms. The first-order chi connectivity index (χ1) is 12.7. The Morgan fingerprint density at radius 1 is 0.962 bits per heavy atom. The number of rotatable bonds is 2. The Morgan fingerprint density at radius 3 is 2.46 bits per heavy atom. The summed E-state index contributed by atoms with van der Waals surface area (Å²) in [5.41, 5.74) is 3.08. The van der Waals surface area contributed by atoms with Crippen LogP contribution in [0.3, 0.4) is 0 Å². The number of nitrogens with zero attached hydrogens (tertiary/aromatic N) is 3. The molecule has 7 heteroatoms. The van der Waals surface area contributed by atoms with Crippen molar-refractivity contribution in [2.24, 2.45) is 0 Å². The van der Waals surface area contributed by atoms with Crippen molar-refractivity contribution >= 4 is 28.7 Å². The van der Waals surface area contributed by atoms with Crippen LogP contribution in [-0.4, -0.2) is 57.9 Å². The lowest BCUT2D eigenvalue weighted by Crippen LogP contribution is -2.51. The van der Waals surface area contributed by atoms with Crippen molar-refractivity contribution in [1.29, 1.82) is 0 Å². The van der Waals surface area contributed by atoms with Gasteiger partial charge in [-0.1, -0.05) is 18.2 Å². The molecule has 1 aliphatic rings. The van der Waals surface area contributed by atoms with Crippen molar-refractivity contribution in [2.45, 2.75) is 0 Å². The van der Waals surface area contributed by atoms with Crippen molar-refractivity contribution < 1.29 is 9.59 Å². The first-order valence-corrected chi connectivity index (χ1v) is 8.54. The minimum absolute atomic E-state index is 0.0235. The number of para-hydroxylation sites is 1. The van der Waals surface area contributed by atoms with Gasteiger partial charge in [0, 0.05) is 37.4 Å². The molecule has 7 nitrogen and oxygen atoms in total. The third-order valence-electron chi connectivity index (χ3n) is 4.55. The molecule has 26 heavy (non-hydrogen) atoms. The van der Waals surface area contributed by atoms with Crippen LogP contribution in [0.25, 0.3) is 11.0 Å². The van der Waals surface area contributed by atoms with Crippen LogP contribution in [0.5, 0.6) is 0 Å². The van der Waals surface area contributed by atoms with E-state index in [0.717, 1.165) is 16.7 Å². The van der Waals surface area contributed by atoms with Crippen LogP contribution in [0, 0.1) is 0 Å². The second kappa shape index (κ2) is 6.87. The van der Waals surface area contributed by atoms with E-state index in [-0.39, 0.29) is 11.9 Å². The maximum Gasteiger partial charge on any atom is 0.321 e. The highest BCUT2D eigenvalue weighted by atomic mass is 16.2. The standard InChI is InChI=1S/C19H19N5O2/c25-18(14-6-7-16-17(12-14)21-13-20-16)23-8-10-24(11-9-23)19(26)22-15-4-2-1-3-5-15/h1-7,12-13H,8-11H2,(H,20,21)(H,22,26). The zero-order chi connectivity index (χ0) is 17.9. The fourth-order valence-electron chi connectivity index (χ4n) is 3.09. The van der Waals surface area contributed by atoms with E-state index < -0.39 is 0 Å². The SMILES string of the molecule is O=C(Nc1ccccc1)N1CCN(C(=O)c2ccc3nc[nH]c3c2)CC1. The van der Waals surface area contributed by atoms with Gasteiger partial charge in [-0.05, 0) is 30.3 Å². The summed E-state index contributed by atoms with van der Waals surface area (Å²) in [4.78, 5) is 35.7. The molecule has 2 aromatic carbocycles. The summed E-state index contributed by atoms with van der Waals surface area (Å²) in [6.45, 7) is 2.05. The number of hydrogen-bond acceptors (Lipinski definition) is 3. The van der Waals surface area contributed by atoms with Gasteiger partial charge in [0.05, 0.1) is 17.4 Å². The molecule has 0 radical (unpaired) electrons. The molecule has 1 fully saturated rings. The van der Waals surface area contributed by atoms with Gasteiger partial charge in [0.1, 0.15) is 0 Å². The molecule has 2 N–H and O–H groups in total. The van der Waals surface area contributed by atoms with Crippen LogP contribution in [-0.2, 0) is 0 Å². The number of piperazine rings is 1. The Morgan fingerprint density at radius 2 is 1.69 bits per heavy atom. The van der Waals surface area contributed by atoms with E-state index in [0.29, 0.717) is 31.7 Å². The Balaban J connectivity index is 1.36. The van der Waals surface area contributed by atoms with Gasteiger partial charge in [-0.2, -0.15) is 0 Å². The number of benzene rings is 2. The highest BCUT2D eigenvalue weighted by Crippen LogP contribution is 2.15. The minimum Gasteiger partial charge on any atom is -0.345 e. The van der Waals surface area contributed by atoms with Gasteiger partial charge in [0.25, 0.3) is 5.91 Å². The quantitative estimate of drug-likeness (QED) is 0.746. The van der Waals surface area contributed by atoms with Gasteiger partial charge in [0.2, 0.25) is 0 Å². The maximum absolute atomic E-state index is 12.7. The second-order valence-corrected chi connectivity index (χ2v) is 6.21. The highest BCUT2D eigenvalue weighted by Gasteiger charge is 2.25. The lowest BCUT2D eigenvalue weighted by Gasteiger charge is -2.34. The molecule has 3 aromatic rings. The Kier molecular flexibility index (Phi) is 4.27. The van der Waals surface area contributed by atoms with Gasteiger partial charge in [-0.3, -0.25) is 4.79 Å². The van der Waals surface area contributed by atoms with Gasteiger partial charge in [-0.15, -0.1) is 0 Å². The van der Waals surface area contributed by atoms with Gasteiger partial charge >= 0.3 is 6.03 Å². The average molecular weight is 349 g/mol. The van der Waals surface area contributed by atoms with E-state index >= 15 is 0 Å². The summed E-state index contributed by atoms with van der Waals surface area (Å²) in [6.07, 6.45) is 1.61. The molecule has 132 valence electrons. The maximum atomic E-state index is 12.7. The minimum atomic E-state index is -0.137. The number of imidazole rings is 1. The molecular formula is C19H19N5O2. The molecule has 0 unspecified atom stereocenters. The number of hydrogen-bond donors (Lipinski definition) is 2. The van der Waals surface area contributed by atoms with E-state index in [1.54, 1.807) is 22.2 Å². The molecule has 0 bridgehead atoms. The zero-order valence-electron chi connectivity index (χ0n) is 14.2. The number of amides is 3. The van der Waals surface area contributed by atoms with Crippen LogP contribution < -0.4 is 5.32 Å². The third-order valence-corrected chi connectivity index (χ3v) is 4.55. The highest BCUT2D eigenvalue weighted by molar-refractivity contribution is 5.97. The first kappa shape index (κ1) is 16.1. The normalized spacial score (nSPS) is 14.5. The van der Waals surface area contributed by atoms with Gasteiger partial charge in [-0.25, -0.2) is 9.78 Å². The topological polar surface area (TPSA) is 81.3 Å². The van der Waals surface area contributed by atoms with Crippen molar-refractivity contribution in [3.8, 4) is 0 Å². The van der Waals surface area contributed by atoms with E-state index in [4.69, 9.17) is 0 Å². The smallest absolute Gasteiger partial charge is 0.321 e. The number of aromatic nitrogens is 2. The fraction of sp³-hybridized carbons (Fsp3) is 0.211. The molecular weight excluding hydrogens is 330 g/mol. The van der Waals surface area contributed by atoms with Crippen molar-refractivity contribution in [3.05, 3.63) is 60.4 Å². The summed E-state index contributed by atoms with van der Waals surface area (Å²) in [5, 5.41) is 2.88. The molecule has 1 aromatic heterocycles.